The molecule has 1 aromatic rings. The van der Waals surface area contributed by atoms with Crippen molar-refractivity contribution < 1.29 is 9.59 Å². The van der Waals surface area contributed by atoms with E-state index in [1.807, 2.05) is 30.3 Å². The molecule has 0 fully saturated rings. The number of amides is 2. The third kappa shape index (κ3) is 7.46. The van der Waals surface area contributed by atoms with Crippen LogP contribution in [-0.4, -0.2) is 36.9 Å². The van der Waals surface area contributed by atoms with Gasteiger partial charge in [0.05, 0.1) is 6.54 Å². The summed E-state index contributed by atoms with van der Waals surface area (Å²) in [7, 11) is 1.66. The van der Waals surface area contributed by atoms with Gasteiger partial charge in [-0.25, -0.2) is 0 Å². The van der Waals surface area contributed by atoms with Crippen molar-refractivity contribution in [3.63, 3.8) is 0 Å². The number of carbonyl (C=O) groups is 2. The third-order valence-electron chi connectivity index (χ3n) is 3.21. The van der Waals surface area contributed by atoms with Crippen molar-refractivity contribution in [1.82, 2.24) is 4.90 Å². The Kier molecular flexibility index (Phi) is 8.12. The van der Waals surface area contributed by atoms with Gasteiger partial charge in [-0.1, -0.05) is 31.0 Å². The van der Waals surface area contributed by atoms with E-state index in [1.165, 1.54) is 4.90 Å². The maximum Gasteiger partial charge on any atom is 0.243 e. The molecule has 2 amide bonds. The summed E-state index contributed by atoms with van der Waals surface area (Å²) in [6, 6.07) is 9.22. The molecule has 0 spiro atoms. The van der Waals surface area contributed by atoms with E-state index >= 15 is 0 Å². The quantitative estimate of drug-likeness (QED) is 0.683. The second kappa shape index (κ2) is 9.94. The van der Waals surface area contributed by atoms with E-state index in [4.69, 9.17) is 5.73 Å². The Balaban J connectivity index is 2.23. The average molecular weight is 291 g/mol. The SMILES string of the molecule is CN(CC(=O)Nc1ccccc1)C(=O)CCCCCCN. The van der Waals surface area contributed by atoms with E-state index in [0.29, 0.717) is 13.0 Å². The van der Waals surface area contributed by atoms with Crippen molar-refractivity contribution in [1.29, 1.82) is 0 Å². The molecular formula is C16H25N3O2. The first-order valence-electron chi connectivity index (χ1n) is 7.42. The number of nitrogens with one attached hydrogen (secondary N) is 1. The maximum absolute atomic E-state index is 11.9. The number of para-hydroxylation sites is 1. The highest BCUT2D eigenvalue weighted by molar-refractivity contribution is 5.94. The minimum absolute atomic E-state index is 0.00552. The fourth-order valence-corrected chi connectivity index (χ4v) is 1.99. The molecule has 3 N–H and O–H groups in total. The minimum Gasteiger partial charge on any atom is -0.336 e. The largest absolute Gasteiger partial charge is 0.336 e. The molecule has 0 bridgehead atoms. The number of unbranched alkanes of at least 4 members (excludes halogenated alkanes) is 3. The number of rotatable bonds is 9. The molecule has 0 atom stereocenters. The molecule has 116 valence electrons. The van der Waals surface area contributed by atoms with Crippen molar-refractivity contribution in [2.75, 3.05) is 25.5 Å². The lowest BCUT2D eigenvalue weighted by molar-refractivity contribution is -0.133. The molecule has 0 saturated heterocycles. The van der Waals surface area contributed by atoms with E-state index in [0.717, 1.165) is 31.4 Å². The Bertz CT molecular complexity index is 434. The van der Waals surface area contributed by atoms with Gasteiger partial charge in [-0.3, -0.25) is 9.59 Å². The van der Waals surface area contributed by atoms with Gasteiger partial charge in [-0.2, -0.15) is 0 Å². The summed E-state index contributed by atoms with van der Waals surface area (Å²) in [5.41, 5.74) is 6.16. The van der Waals surface area contributed by atoms with Crippen molar-refractivity contribution >= 4 is 17.5 Å². The molecule has 1 aromatic carbocycles. The minimum atomic E-state index is -0.180. The Labute approximate surface area is 126 Å². The summed E-state index contributed by atoms with van der Waals surface area (Å²) in [6.45, 7) is 0.782. The monoisotopic (exact) mass is 291 g/mol. The lowest BCUT2D eigenvalue weighted by Crippen LogP contribution is -2.34. The van der Waals surface area contributed by atoms with Crippen molar-refractivity contribution in [2.24, 2.45) is 5.73 Å². The third-order valence-corrected chi connectivity index (χ3v) is 3.21. The summed E-state index contributed by atoms with van der Waals surface area (Å²) in [4.78, 5) is 25.2. The molecule has 0 unspecified atom stereocenters. The fraction of sp³-hybridized carbons (Fsp3) is 0.500. The number of carbonyl (C=O) groups excluding carboxylic acids is 2. The second-order valence-corrected chi connectivity index (χ2v) is 5.12. The zero-order chi connectivity index (χ0) is 15.5. The first-order chi connectivity index (χ1) is 10.1. The van der Waals surface area contributed by atoms with Gasteiger partial charge in [0, 0.05) is 19.2 Å². The van der Waals surface area contributed by atoms with Crippen LogP contribution >= 0.6 is 0 Å². The molecule has 0 aliphatic rings. The summed E-state index contributed by atoms with van der Waals surface area (Å²) >= 11 is 0. The van der Waals surface area contributed by atoms with E-state index in [1.54, 1.807) is 7.05 Å². The number of hydrogen-bond acceptors (Lipinski definition) is 3. The Hall–Kier alpha value is -1.88. The van der Waals surface area contributed by atoms with E-state index in [2.05, 4.69) is 5.32 Å². The number of likely N-dealkylation sites (N-methyl/N-ethyl adjacent to an activating group) is 1. The second-order valence-electron chi connectivity index (χ2n) is 5.12. The van der Waals surface area contributed by atoms with Gasteiger partial charge in [0.25, 0.3) is 0 Å². The molecule has 1 rings (SSSR count). The smallest absolute Gasteiger partial charge is 0.243 e. The van der Waals surface area contributed by atoms with Crippen LogP contribution in [0, 0.1) is 0 Å². The summed E-state index contributed by atoms with van der Waals surface area (Å²) in [5.74, 6) is -0.175. The average Bonchev–Trinajstić information content (AvgIpc) is 2.47. The molecule has 5 nitrogen and oxygen atoms in total. The lowest BCUT2D eigenvalue weighted by Gasteiger charge is -2.16. The fourth-order valence-electron chi connectivity index (χ4n) is 1.99. The van der Waals surface area contributed by atoms with Crippen LogP contribution in [0.5, 0.6) is 0 Å². The van der Waals surface area contributed by atoms with Crippen LogP contribution in [0.1, 0.15) is 32.1 Å². The van der Waals surface area contributed by atoms with E-state index in [-0.39, 0.29) is 18.4 Å². The number of benzene rings is 1. The summed E-state index contributed by atoms with van der Waals surface area (Å²) in [5, 5.41) is 2.76. The van der Waals surface area contributed by atoms with Crippen LogP contribution in [0.2, 0.25) is 0 Å². The van der Waals surface area contributed by atoms with Gasteiger partial charge >= 0.3 is 0 Å². The normalized spacial score (nSPS) is 10.2. The Morgan fingerprint density at radius 2 is 1.76 bits per heavy atom. The van der Waals surface area contributed by atoms with Gasteiger partial charge in [-0.15, -0.1) is 0 Å². The Morgan fingerprint density at radius 3 is 2.43 bits per heavy atom. The number of hydrogen-bond donors (Lipinski definition) is 2. The number of nitrogens with two attached hydrogens (primary N) is 1. The van der Waals surface area contributed by atoms with Crippen molar-refractivity contribution in [3.05, 3.63) is 30.3 Å². The number of nitrogens with zero attached hydrogens (tertiary/aromatic N) is 1. The molecule has 21 heavy (non-hydrogen) atoms. The molecule has 0 aromatic heterocycles. The van der Waals surface area contributed by atoms with Crippen molar-refractivity contribution in [2.45, 2.75) is 32.1 Å². The zero-order valence-corrected chi connectivity index (χ0v) is 12.7. The first kappa shape index (κ1) is 17.2. The predicted octanol–water partition coefficient (Wildman–Crippen LogP) is 1.99. The molecular weight excluding hydrogens is 266 g/mol. The molecule has 0 saturated carbocycles. The highest BCUT2D eigenvalue weighted by atomic mass is 16.2. The van der Waals surface area contributed by atoms with Gasteiger partial charge in [-0.05, 0) is 31.5 Å². The van der Waals surface area contributed by atoms with Gasteiger partial charge < -0.3 is 16.0 Å². The van der Waals surface area contributed by atoms with Gasteiger partial charge in [0.2, 0.25) is 11.8 Å². The van der Waals surface area contributed by atoms with Crippen LogP contribution in [0.4, 0.5) is 5.69 Å². The van der Waals surface area contributed by atoms with Crippen molar-refractivity contribution in [3.8, 4) is 0 Å². The predicted molar refractivity (Wildman–Crippen MR) is 84.8 cm³/mol. The Morgan fingerprint density at radius 1 is 1.10 bits per heavy atom. The number of anilines is 1. The summed E-state index contributed by atoms with van der Waals surface area (Å²) in [6.07, 6.45) is 4.40. The van der Waals surface area contributed by atoms with Crippen LogP contribution in [0.25, 0.3) is 0 Å². The molecule has 5 heteroatoms. The van der Waals surface area contributed by atoms with E-state index in [9.17, 15) is 9.59 Å². The standard InChI is InChI=1S/C16H25N3O2/c1-19(16(21)11-7-2-3-8-12-17)13-15(20)18-14-9-5-4-6-10-14/h4-6,9-10H,2-3,7-8,11-13,17H2,1H3,(H,18,20). The van der Waals surface area contributed by atoms with E-state index < -0.39 is 0 Å². The first-order valence-corrected chi connectivity index (χ1v) is 7.42. The highest BCUT2D eigenvalue weighted by Crippen LogP contribution is 2.06. The lowest BCUT2D eigenvalue weighted by atomic mass is 10.1. The van der Waals surface area contributed by atoms with Gasteiger partial charge in [0.15, 0.2) is 0 Å². The molecule has 0 aliphatic heterocycles. The molecule has 0 heterocycles. The van der Waals surface area contributed by atoms with Crippen LogP contribution in [-0.2, 0) is 9.59 Å². The highest BCUT2D eigenvalue weighted by Gasteiger charge is 2.12. The summed E-state index contributed by atoms with van der Waals surface area (Å²) < 4.78 is 0. The maximum atomic E-state index is 11.9. The molecule has 0 radical (unpaired) electrons. The molecule has 0 aliphatic carbocycles. The van der Waals surface area contributed by atoms with Gasteiger partial charge in [0.1, 0.15) is 0 Å². The van der Waals surface area contributed by atoms with Crippen LogP contribution in [0.15, 0.2) is 30.3 Å². The van der Waals surface area contributed by atoms with Crippen LogP contribution < -0.4 is 11.1 Å². The van der Waals surface area contributed by atoms with Crippen LogP contribution in [0.3, 0.4) is 0 Å². The zero-order valence-electron chi connectivity index (χ0n) is 12.7. The topological polar surface area (TPSA) is 75.4 Å².